The SMILES string of the molecule is O=C(O)NC12CC(N3CCC(c4ccc(Cl)cc4)C3=O)(C1)C2. The maximum Gasteiger partial charge on any atom is 0.405 e. The summed E-state index contributed by atoms with van der Waals surface area (Å²) in [5.74, 6) is 0.0839. The lowest BCUT2D eigenvalue weighted by molar-refractivity contribution is -0.181. The van der Waals surface area contributed by atoms with Gasteiger partial charge in [0, 0.05) is 17.1 Å². The Bertz CT molecular complexity index is 638. The summed E-state index contributed by atoms with van der Waals surface area (Å²) in [7, 11) is 0. The van der Waals surface area contributed by atoms with Gasteiger partial charge in [0.1, 0.15) is 0 Å². The first kappa shape index (κ1) is 13.9. The highest BCUT2D eigenvalue weighted by Gasteiger charge is 2.72. The summed E-state index contributed by atoms with van der Waals surface area (Å²) in [6.07, 6.45) is 2.11. The van der Waals surface area contributed by atoms with Gasteiger partial charge in [0.2, 0.25) is 5.91 Å². The zero-order valence-corrected chi connectivity index (χ0v) is 12.8. The lowest BCUT2D eigenvalue weighted by Crippen LogP contribution is -2.83. The molecule has 0 aromatic heterocycles. The summed E-state index contributed by atoms with van der Waals surface area (Å²) in [6, 6.07) is 7.48. The van der Waals surface area contributed by atoms with Crippen LogP contribution in [-0.2, 0) is 4.79 Å². The molecule has 0 radical (unpaired) electrons. The molecule has 1 aromatic carbocycles. The van der Waals surface area contributed by atoms with Crippen LogP contribution in [0.3, 0.4) is 0 Å². The Hall–Kier alpha value is -1.75. The summed E-state index contributed by atoms with van der Waals surface area (Å²) in [5.41, 5.74) is 0.646. The molecule has 1 saturated heterocycles. The molecule has 1 atom stereocenters. The zero-order chi connectivity index (χ0) is 15.5. The van der Waals surface area contributed by atoms with Gasteiger partial charge in [0.15, 0.2) is 0 Å². The third-order valence-corrected chi connectivity index (χ3v) is 5.68. The van der Waals surface area contributed by atoms with Crippen LogP contribution in [0.5, 0.6) is 0 Å². The van der Waals surface area contributed by atoms with Gasteiger partial charge in [-0.25, -0.2) is 4.79 Å². The number of carbonyl (C=O) groups is 2. The smallest absolute Gasteiger partial charge is 0.405 e. The van der Waals surface area contributed by atoms with Gasteiger partial charge in [-0.2, -0.15) is 0 Å². The van der Waals surface area contributed by atoms with Crippen LogP contribution in [0.4, 0.5) is 4.79 Å². The van der Waals surface area contributed by atoms with Crippen molar-refractivity contribution in [2.45, 2.75) is 42.7 Å². The molecule has 2 N–H and O–H groups in total. The van der Waals surface area contributed by atoms with E-state index in [1.165, 1.54) is 0 Å². The van der Waals surface area contributed by atoms with Crippen LogP contribution in [0.2, 0.25) is 5.02 Å². The molecule has 3 saturated carbocycles. The topological polar surface area (TPSA) is 69.6 Å². The Balaban J connectivity index is 1.46. The first-order valence-corrected chi connectivity index (χ1v) is 7.89. The molecule has 0 spiro atoms. The highest BCUT2D eigenvalue weighted by molar-refractivity contribution is 6.30. The summed E-state index contributed by atoms with van der Waals surface area (Å²) in [5, 5.41) is 12.1. The van der Waals surface area contributed by atoms with Crippen molar-refractivity contribution in [2.24, 2.45) is 0 Å². The van der Waals surface area contributed by atoms with E-state index in [4.69, 9.17) is 16.7 Å². The van der Waals surface area contributed by atoms with E-state index >= 15 is 0 Å². The summed E-state index contributed by atoms with van der Waals surface area (Å²) in [6.45, 7) is 0.759. The average molecular weight is 321 g/mol. The van der Waals surface area contributed by atoms with Crippen molar-refractivity contribution in [1.82, 2.24) is 10.2 Å². The van der Waals surface area contributed by atoms with Crippen molar-refractivity contribution in [1.29, 1.82) is 0 Å². The molecule has 5 nitrogen and oxygen atoms in total. The number of benzene rings is 1. The molecule has 1 unspecified atom stereocenters. The Kier molecular flexibility index (Phi) is 2.77. The normalized spacial score (nSPS) is 35.8. The van der Waals surface area contributed by atoms with Crippen LogP contribution in [0, 0.1) is 0 Å². The van der Waals surface area contributed by atoms with Crippen molar-refractivity contribution in [3.63, 3.8) is 0 Å². The number of carbonyl (C=O) groups excluding carboxylic acids is 1. The van der Waals surface area contributed by atoms with Crippen molar-refractivity contribution in [3.05, 3.63) is 34.9 Å². The molecule has 5 rings (SSSR count). The molecule has 6 heteroatoms. The second-order valence-corrected chi connectivity index (χ2v) is 7.28. The minimum absolute atomic E-state index is 0.0883. The van der Waals surface area contributed by atoms with Crippen LogP contribution in [0.25, 0.3) is 0 Å². The van der Waals surface area contributed by atoms with Gasteiger partial charge in [-0.15, -0.1) is 0 Å². The maximum atomic E-state index is 12.7. The average Bonchev–Trinajstić information content (AvgIpc) is 2.75. The van der Waals surface area contributed by atoms with Crippen LogP contribution >= 0.6 is 11.6 Å². The van der Waals surface area contributed by atoms with Gasteiger partial charge in [-0.05, 0) is 43.4 Å². The van der Waals surface area contributed by atoms with E-state index in [1.807, 2.05) is 29.2 Å². The van der Waals surface area contributed by atoms with E-state index in [9.17, 15) is 9.59 Å². The Morgan fingerprint density at radius 1 is 1.27 bits per heavy atom. The predicted octanol–water partition coefficient (Wildman–Crippen LogP) is 2.60. The molecule has 1 aliphatic heterocycles. The molecule has 1 heterocycles. The second kappa shape index (κ2) is 4.38. The van der Waals surface area contributed by atoms with E-state index in [-0.39, 0.29) is 22.9 Å². The number of rotatable bonds is 3. The first-order valence-electron chi connectivity index (χ1n) is 7.51. The van der Waals surface area contributed by atoms with Gasteiger partial charge in [0.25, 0.3) is 0 Å². The summed E-state index contributed by atoms with van der Waals surface area (Å²) >= 11 is 5.90. The number of halogens is 1. The number of hydrogen-bond donors (Lipinski definition) is 2. The lowest BCUT2D eigenvalue weighted by atomic mass is 9.43. The molecular weight excluding hydrogens is 304 g/mol. The fourth-order valence-corrected chi connectivity index (χ4v) is 4.66. The molecule has 4 aliphatic rings. The van der Waals surface area contributed by atoms with Gasteiger partial charge >= 0.3 is 6.09 Å². The number of amides is 2. The Labute approximate surface area is 133 Å². The fourth-order valence-electron chi connectivity index (χ4n) is 4.54. The molecule has 2 bridgehead atoms. The van der Waals surface area contributed by atoms with Crippen molar-refractivity contribution in [2.75, 3.05) is 6.54 Å². The summed E-state index contributed by atoms with van der Waals surface area (Å²) in [4.78, 5) is 25.5. The largest absolute Gasteiger partial charge is 0.465 e. The van der Waals surface area contributed by atoms with Gasteiger partial charge in [-0.1, -0.05) is 23.7 Å². The quantitative estimate of drug-likeness (QED) is 0.899. The van der Waals surface area contributed by atoms with Crippen molar-refractivity contribution in [3.8, 4) is 0 Å². The summed E-state index contributed by atoms with van der Waals surface area (Å²) < 4.78 is 0. The van der Waals surface area contributed by atoms with E-state index in [0.717, 1.165) is 37.8 Å². The molecular formula is C16H17ClN2O3. The van der Waals surface area contributed by atoms with E-state index in [2.05, 4.69) is 5.32 Å². The second-order valence-electron chi connectivity index (χ2n) is 6.85. The minimum Gasteiger partial charge on any atom is -0.465 e. The van der Waals surface area contributed by atoms with Gasteiger partial charge in [0.05, 0.1) is 11.5 Å². The Morgan fingerprint density at radius 2 is 1.91 bits per heavy atom. The van der Waals surface area contributed by atoms with Crippen LogP contribution < -0.4 is 5.32 Å². The van der Waals surface area contributed by atoms with Crippen LogP contribution in [0.15, 0.2) is 24.3 Å². The molecule has 116 valence electrons. The third kappa shape index (κ3) is 1.85. The molecule has 1 aromatic rings. The number of carboxylic acid groups (broad SMARTS) is 1. The number of hydrogen-bond acceptors (Lipinski definition) is 2. The fraction of sp³-hybridized carbons (Fsp3) is 0.500. The van der Waals surface area contributed by atoms with Crippen molar-refractivity contribution >= 4 is 23.6 Å². The number of likely N-dealkylation sites (tertiary alicyclic amines) is 1. The highest BCUT2D eigenvalue weighted by atomic mass is 35.5. The van der Waals surface area contributed by atoms with Crippen molar-refractivity contribution < 1.29 is 14.7 Å². The van der Waals surface area contributed by atoms with Crippen LogP contribution in [-0.4, -0.2) is 39.6 Å². The minimum atomic E-state index is -0.972. The van der Waals surface area contributed by atoms with Gasteiger partial charge < -0.3 is 15.3 Å². The zero-order valence-electron chi connectivity index (χ0n) is 12.0. The van der Waals surface area contributed by atoms with Crippen LogP contribution in [0.1, 0.15) is 37.2 Å². The monoisotopic (exact) mass is 320 g/mol. The molecule has 4 fully saturated rings. The lowest BCUT2D eigenvalue weighted by Gasteiger charge is -2.72. The molecule has 2 amide bonds. The number of nitrogens with zero attached hydrogens (tertiary/aromatic N) is 1. The maximum absolute atomic E-state index is 12.7. The van der Waals surface area contributed by atoms with E-state index in [0.29, 0.717) is 5.02 Å². The van der Waals surface area contributed by atoms with E-state index < -0.39 is 6.09 Å². The predicted molar refractivity (Wildman–Crippen MR) is 81.0 cm³/mol. The Morgan fingerprint density at radius 3 is 2.50 bits per heavy atom. The molecule has 3 aliphatic carbocycles. The molecule has 22 heavy (non-hydrogen) atoms. The first-order chi connectivity index (χ1) is 10.4. The third-order valence-electron chi connectivity index (χ3n) is 5.42. The highest BCUT2D eigenvalue weighted by Crippen LogP contribution is 2.64. The standard InChI is InChI=1S/C16H17ClN2O3/c17-11-3-1-10(2-4-11)12-5-6-19(13(12)20)16-7-15(8-16,9-16)18-14(21)22/h1-4,12,18H,5-9H2,(H,21,22). The number of nitrogens with one attached hydrogen (secondary N) is 1. The van der Waals surface area contributed by atoms with Gasteiger partial charge in [-0.3, -0.25) is 4.79 Å². The van der Waals surface area contributed by atoms with E-state index in [1.54, 1.807) is 0 Å².